The van der Waals surface area contributed by atoms with Crippen molar-refractivity contribution >= 4 is 21.9 Å². The van der Waals surface area contributed by atoms with Crippen LogP contribution in [0.15, 0.2) is 35.2 Å². The molecule has 0 radical (unpaired) electrons. The van der Waals surface area contributed by atoms with Crippen molar-refractivity contribution < 1.29 is 35.9 Å². The summed E-state index contributed by atoms with van der Waals surface area (Å²) in [6.45, 7) is 1.16. The smallest absolute Gasteiger partial charge is 0.410 e. The number of ether oxygens (including phenoxy) is 1. The maximum absolute atomic E-state index is 13.8. The first-order chi connectivity index (χ1) is 12.9. The Bertz CT molecular complexity index is 827. The number of nitrogens with zero attached hydrogens (tertiary/aromatic N) is 2. The van der Waals surface area contributed by atoms with Crippen LogP contribution in [0.25, 0.3) is 0 Å². The number of piperazine rings is 1. The van der Waals surface area contributed by atoms with E-state index in [4.69, 9.17) is 0 Å². The fraction of sp³-hybridized carbons (Fsp3) is 0.529. The van der Waals surface area contributed by atoms with Gasteiger partial charge in [-0.05, 0) is 12.1 Å². The SMILES string of the molecule is COC(=O)[C@H]1CN(S(=O)(=O)c2ccccc2)C[C@@H](C(F)(F)F)N1C(=O)C(C)C. The molecule has 2 rings (SSSR count). The summed E-state index contributed by atoms with van der Waals surface area (Å²) < 4.78 is 72.0. The Hall–Kier alpha value is -2.14. The predicted octanol–water partition coefficient (Wildman–Crippen LogP) is 1.65. The molecule has 156 valence electrons. The number of methoxy groups -OCH3 is 1. The average Bonchev–Trinajstić information content (AvgIpc) is 2.65. The summed E-state index contributed by atoms with van der Waals surface area (Å²) in [6, 6.07) is 2.74. The zero-order chi connectivity index (χ0) is 21.3. The standard InChI is InChI=1S/C17H21F3N2O5S/c1-11(2)15(23)22-13(16(24)27-3)9-21(10-14(22)17(18,19)20)28(25,26)12-7-5-4-6-8-12/h4-8,11,13-14H,9-10H2,1-3H3/t13-,14+/m1/s1. The van der Waals surface area contributed by atoms with Crippen LogP contribution in [0, 0.1) is 5.92 Å². The van der Waals surface area contributed by atoms with Crippen LogP contribution in [0.2, 0.25) is 0 Å². The number of hydrogen-bond donors (Lipinski definition) is 0. The molecule has 1 fully saturated rings. The van der Waals surface area contributed by atoms with Gasteiger partial charge in [0.05, 0.1) is 12.0 Å². The highest BCUT2D eigenvalue weighted by atomic mass is 32.2. The van der Waals surface area contributed by atoms with Gasteiger partial charge in [-0.15, -0.1) is 0 Å². The fourth-order valence-electron chi connectivity index (χ4n) is 2.98. The quantitative estimate of drug-likeness (QED) is 0.689. The highest BCUT2D eigenvalue weighted by Crippen LogP contribution is 2.34. The molecule has 1 aliphatic rings. The molecule has 0 spiro atoms. The second-order valence-electron chi connectivity index (χ2n) is 6.63. The average molecular weight is 422 g/mol. The lowest BCUT2D eigenvalue weighted by molar-refractivity contribution is -0.208. The van der Waals surface area contributed by atoms with E-state index in [1.54, 1.807) is 6.07 Å². The van der Waals surface area contributed by atoms with Gasteiger partial charge in [0, 0.05) is 19.0 Å². The van der Waals surface area contributed by atoms with E-state index in [2.05, 4.69) is 4.74 Å². The highest BCUT2D eigenvalue weighted by Gasteiger charge is 2.55. The number of halogens is 3. The zero-order valence-electron chi connectivity index (χ0n) is 15.5. The van der Waals surface area contributed by atoms with E-state index in [1.165, 1.54) is 38.1 Å². The minimum atomic E-state index is -4.94. The monoisotopic (exact) mass is 422 g/mol. The van der Waals surface area contributed by atoms with Gasteiger partial charge in [-0.1, -0.05) is 32.0 Å². The first kappa shape index (κ1) is 22.2. The molecule has 11 heteroatoms. The molecule has 0 unspecified atom stereocenters. The van der Waals surface area contributed by atoms with Crippen molar-refractivity contribution in [3.63, 3.8) is 0 Å². The van der Waals surface area contributed by atoms with Gasteiger partial charge in [0.15, 0.2) is 0 Å². The number of benzene rings is 1. The Morgan fingerprint density at radius 3 is 2.18 bits per heavy atom. The predicted molar refractivity (Wildman–Crippen MR) is 92.5 cm³/mol. The van der Waals surface area contributed by atoms with Gasteiger partial charge in [-0.25, -0.2) is 13.2 Å². The summed E-state index contributed by atoms with van der Waals surface area (Å²) >= 11 is 0. The Balaban J connectivity index is 2.54. The number of alkyl halides is 3. The van der Waals surface area contributed by atoms with Gasteiger partial charge in [0.25, 0.3) is 0 Å². The number of sulfonamides is 1. The van der Waals surface area contributed by atoms with Crippen molar-refractivity contribution in [2.75, 3.05) is 20.2 Å². The maximum atomic E-state index is 13.8. The van der Waals surface area contributed by atoms with Crippen molar-refractivity contribution in [2.24, 2.45) is 5.92 Å². The molecule has 2 atom stereocenters. The number of esters is 1. The molecule has 1 amide bonds. The number of hydrogen-bond acceptors (Lipinski definition) is 5. The topological polar surface area (TPSA) is 84.0 Å². The molecular formula is C17H21F3N2O5S. The maximum Gasteiger partial charge on any atom is 0.410 e. The van der Waals surface area contributed by atoms with Crippen LogP contribution >= 0.6 is 0 Å². The molecule has 1 aliphatic heterocycles. The molecule has 1 aromatic carbocycles. The van der Waals surface area contributed by atoms with Crippen LogP contribution in [0.3, 0.4) is 0 Å². The Labute approximate surface area is 161 Å². The van der Waals surface area contributed by atoms with E-state index in [0.717, 1.165) is 7.11 Å². The van der Waals surface area contributed by atoms with Crippen molar-refractivity contribution in [3.05, 3.63) is 30.3 Å². The normalized spacial score (nSPS) is 21.6. The summed E-state index contributed by atoms with van der Waals surface area (Å²) in [7, 11) is -3.35. The minimum absolute atomic E-state index is 0.205. The molecule has 7 nitrogen and oxygen atoms in total. The van der Waals surface area contributed by atoms with Crippen molar-refractivity contribution in [3.8, 4) is 0 Å². The number of rotatable bonds is 4. The molecular weight excluding hydrogens is 401 g/mol. The number of carbonyl (C=O) groups excluding carboxylic acids is 2. The van der Waals surface area contributed by atoms with Crippen molar-refractivity contribution in [2.45, 2.75) is 37.0 Å². The van der Waals surface area contributed by atoms with E-state index >= 15 is 0 Å². The minimum Gasteiger partial charge on any atom is -0.467 e. The molecule has 0 bridgehead atoms. The second kappa shape index (κ2) is 8.08. The van der Waals surface area contributed by atoms with E-state index in [-0.39, 0.29) is 4.90 Å². The highest BCUT2D eigenvalue weighted by molar-refractivity contribution is 7.89. The fourth-order valence-corrected chi connectivity index (χ4v) is 4.46. The second-order valence-corrected chi connectivity index (χ2v) is 8.57. The molecule has 1 heterocycles. The third kappa shape index (κ3) is 4.30. The number of amides is 1. The van der Waals surface area contributed by atoms with Crippen LogP contribution in [-0.2, 0) is 24.3 Å². The largest absolute Gasteiger partial charge is 0.467 e. The molecule has 1 aromatic rings. The van der Waals surface area contributed by atoms with Crippen molar-refractivity contribution in [1.29, 1.82) is 0 Å². The number of carbonyl (C=O) groups is 2. The Kier molecular flexibility index (Phi) is 6.39. The van der Waals surface area contributed by atoms with Crippen LogP contribution in [-0.4, -0.2) is 68.0 Å². The third-order valence-corrected chi connectivity index (χ3v) is 6.25. The van der Waals surface area contributed by atoms with Gasteiger partial charge in [0.1, 0.15) is 12.1 Å². The summed E-state index contributed by atoms with van der Waals surface area (Å²) in [5.74, 6) is -2.85. The van der Waals surface area contributed by atoms with E-state index in [9.17, 15) is 31.2 Å². The van der Waals surface area contributed by atoms with Gasteiger partial charge >= 0.3 is 12.1 Å². The van der Waals surface area contributed by atoms with E-state index < -0.39 is 59.2 Å². The molecule has 28 heavy (non-hydrogen) atoms. The molecule has 0 saturated carbocycles. The molecule has 0 aromatic heterocycles. The first-order valence-electron chi connectivity index (χ1n) is 8.43. The Morgan fingerprint density at radius 2 is 1.71 bits per heavy atom. The van der Waals surface area contributed by atoms with Crippen LogP contribution < -0.4 is 0 Å². The Morgan fingerprint density at radius 1 is 1.14 bits per heavy atom. The van der Waals surface area contributed by atoms with Gasteiger partial charge in [-0.3, -0.25) is 4.79 Å². The summed E-state index contributed by atoms with van der Waals surface area (Å²) in [5.41, 5.74) is 0. The van der Waals surface area contributed by atoms with Crippen LogP contribution in [0.5, 0.6) is 0 Å². The first-order valence-corrected chi connectivity index (χ1v) is 9.87. The van der Waals surface area contributed by atoms with Crippen LogP contribution in [0.4, 0.5) is 13.2 Å². The van der Waals surface area contributed by atoms with E-state index in [1.807, 2.05) is 0 Å². The summed E-state index contributed by atoms with van der Waals surface area (Å²) in [6.07, 6.45) is -4.94. The van der Waals surface area contributed by atoms with Crippen molar-refractivity contribution in [1.82, 2.24) is 9.21 Å². The lowest BCUT2D eigenvalue weighted by atomic mass is 10.0. The third-order valence-electron chi connectivity index (χ3n) is 4.41. The van der Waals surface area contributed by atoms with E-state index in [0.29, 0.717) is 9.21 Å². The summed E-state index contributed by atoms with van der Waals surface area (Å²) in [5, 5.41) is 0. The summed E-state index contributed by atoms with van der Waals surface area (Å²) in [4.78, 5) is 24.8. The van der Waals surface area contributed by atoms with Gasteiger partial charge in [-0.2, -0.15) is 17.5 Å². The lowest BCUT2D eigenvalue weighted by Gasteiger charge is -2.45. The van der Waals surface area contributed by atoms with Gasteiger partial charge in [0.2, 0.25) is 15.9 Å². The van der Waals surface area contributed by atoms with Gasteiger partial charge < -0.3 is 9.64 Å². The lowest BCUT2D eigenvalue weighted by Crippen LogP contribution is -2.68. The molecule has 0 N–H and O–H groups in total. The molecule has 0 aliphatic carbocycles. The molecule has 1 saturated heterocycles. The zero-order valence-corrected chi connectivity index (χ0v) is 16.3. The van der Waals surface area contributed by atoms with Crippen LogP contribution in [0.1, 0.15) is 13.8 Å².